The number of aliphatic hydroxyl groups is 1. The number of likely N-dealkylation sites (tertiary alicyclic amines) is 2. The van der Waals surface area contributed by atoms with Gasteiger partial charge in [0.2, 0.25) is 0 Å². The highest BCUT2D eigenvalue weighted by atomic mass is 19.4. The molecule has 2 fully saturated rings. The second kappa shape index (κ2) is 12.2. The van der Waals surface area contributed by atoms with Gasteiger partial charge in [-0.05, 0) is 62.1 Å². The Hall–Kier alpha value is -2.73. The zero-order valence-corrected chi connectivity index (χ0v) is 22.8. The molecule has 8 nitrogen and oxygen atoms in total. The third-order valence-corrected chi connectivity index (χ3v) is 7.87. The van der Waals surface area contributed by atoms with E-state index in [-0.39, 0.29) is 36.2 Å². The summed E-state index contributed by atoms with van der Waals surface area (Å²) in [5.41, 5.74) is 2.50. The number of rotatable bonds is 11. The SMILES string of the molecule is COCCNC[C@H](O)COc1ccc([C@H](C)N2C[C@@H]3C[C@H]2CN3C(=O)c2ccc(C(F)(F)F)nc2)c(C)c1C. The summed E-state index contributed by atoms with van der Waals surface area (Å²) in [6.45, 7) is 9.31. The highest BCUT2D eigenvalue weighted by Gasteiger charge is 2.47. The van der Waals surface area contributed by atoms with E-state index < -0.39 is 18.0 Å². The number of carbonyl (C=O) groups is 1. The minimum atomic E-state index is -4.53. The van der Waals surface area contributed by atoms with Crippen molar-refractivity contribution in [1.29, 1.82) is 0 Å². The monoisotopic (exact) mass is 550 g/mol. The first-order valence-corrected chi connectivity index (χ1v) is 13.2. The molecule has 39 heavy (non-hydrogen) atoms. The maximum Gasteiger partial charge on any atom is 0.433 e. The minimum Gasteiger partial charge on any atom is -0.491 e. The summed E-state index contributed by atoms with van der Waals surface area (Å²) in [4.78, 5) is 20.6. The first kappa shape index (κ1) is 29.3. The second-order valence-corrected chi connectivity index (χ2v) is 10.4. The van der Waals surface area contributed by atoms with Crippen molar-refractivity contribution in [3.63, 3.8) is 0 Å². The van der Waals surface area contributed by atoms with Crippen molar-refractivity contribution in [2.24, 2.45) is 0 Å². The number of fused-ring (bicyclic) bond motifs is 2. The van der Waals surface area contributed by atoms with Gasteiger partial charge in [-0.2, -0.15) is 13.2 Å². The molecule has 0 aliphatic carbocycles. The van der Waals surface area contributed by atoms with Gasteiger partial charge in [-0.15, -0.1) is 0 Å². The van der Waals surface area contributed by atoms with Crippen LogP contribution in [0.25, 0.3) is 0 Å². The van der Waals surface area contributed by atoms with E-state index in [1.807, 2.05) is 13.0 Å². The lowest BCUT2D eigenvalue weighted by Gasteiger charge is -2.38. The lowest BCUT2D eigenvalue weighted by Crippen LogP contribution is -2.49. The number of pyridine rings is 1. The van der Waals surface area contributed by atoms with Crippen LogP contribution in [0.3, 0.4) is 0 Å². The molecule has 0 spiro atoms. The number of ether oxygens (including phenoxy) is 2. The molecule has 4 rings (SSSR count). The number of amides is 1. The van der Waals surface area contributed by atoms with Crippen molar-refractivity contribution in [3.05, 3.63) is 58.4 Å². The molecule has 2 saturated heterocycles. The van der Waals surface area contributed by atoms with Crippen molar-refractivity contribution in [2.45, 2.75) is 57.6 Å². The third-order valence-electron chi connectivity index (χ3n) is 7.87. The van der Waals surface area contributed by atoms with E-state index in [9.17, 15) is 23.1 Å². The van der Waals surface area contributed by atoms with Crippen molar-refractivity contribution in [1.82, 2.24) is 20.1 Å². The molecule has 2 aromatic rings. The number of benzene rings is 1. The molecule has 2 bridgehead atoms. The number of hydrogen-bond donors (Lipinski definition) is 2. The van der Waals surface area contributed by atoms with E-state index in [4.69, 9.17) is 9.47 Å². The van der Waals surface area contributed by atoms with Crippen molar-refractivity contribution < 1.29 is 32.5 Å². The van der Waals surface area contributed by atoms with Crippen LogP contribution in [0.1, 0.15) is 52.1 Å². The van der Waals surface area contributed by atoms with E-state index in [1.165, 1.54) is 11.6 Å². The van der Waals surface area contributed by atoms with Gasteiger partial charge in [0.25, 0.3) is 5.91 Å². The van der Waals surface area contributed by atoms with Gasteiger partial charge in [0.05, 0.1) is 12.2 Å². The molecule has 11 heteroatoms. The molecule has 1 aromatic heterocycles. The lowest BCUT2D eigenvalue weighted by atomic mass is 9.96. The van der Waals surface area contributed by atoms with E-state index in [1.54, 1.807) is 12.0 Å². The van der Waals surface area contributed by atoms with Crippen molar-refractivity contribution >= 4 is 5.91 Å². The van der Waals surface area contributed by atoms with E-state index >= 15 is 0 Å². The summed E-state index contributed by atoms with van der Waals surface area (Å²) in [5.74, 6) is 0.463. The molecule has 0 unspecified atom stereocenters. The molecular formula is C28H37F3N4O4. The molecule has 3 heterocycles. The Morgan fingerprint density at radius 3 is 2.56 bits per heavy atom. The quantitative estimate of drug-likeness (QED) is 0.415. The molecule has 2 aliphatic heterocycles. The molecule has 214 valence electrons. The Balaban J connectivity index is 1.34. The van der Waals surface area contributed by atoms with Gasteiger partial charge in [0.1, 0.15) is 24.2 Å². The minimum absolute atomic E-state index is 0.00948. The molecule has 0 radical (unpaired) electrons. The zero-order valence-electron chi connectivity index (χ0n) is 22.8. The van der Waals surface area contributed by atoms with Gasteiger partial charge in [-0.25, -0.2) is 0 Å². The smallest absolute Gasteiger partial charge is 0.433 e. The van der Waals surface area contributed by atoms with Crippen LogP contribution >= 0.6 is 0 Å². The predicted molar refractivity (Wildman–Crippen MR) is 140 cm³/mol. The van der Waals surface area contributed by atoms with Gasteiger partial charge >= 0.3 is 6.18 Å². The van der Waals surface area contributed by atoms with Crippen LogP contribution in [-0.2, 0) is 10.9 Å². The fourth-order valence-corrected chi connectivity index (χ4v) is 5.57. The molecule has 0 saturated carbocycles. The largest absolute Gasteiger partial charge is 0.491 e. The van der Waals surface area contributed by atoms with Crippen LogP contribution < -0.4 is 10.1 Å². The molecule has 2 aliphatic rings. The van der Waals surface area contributed by atoms with Crippen molar-refractivity contribution in [3.8, 4) is 5.75 Å². The number of nitrogens with one attached hydrogen (secondary N) is 1. The normalized spacial score (nSPS) is 20.9. The van der Waals surface area contributed by atoms with Gasteiger partial charge in [0.15, 0.2) is 0 Å². The summed E-state index contributed by atoms with van der Waals surface area (Å²) in [7, 11) is 1.63. The van der Waals surface area contributed by atoms with E-state index in [2.05, 4.69) is 35.1 Å². The molecule has 1 aromatic carbocycles. The first-order chi connectivity index (χ1) is 18.5. The molecule has 4 atom stereocenters. The fourth-order valence-electron chi connectivity index (χ4n) is 5.57. The Morgan fingerprint density at radius 1 is 1.18 bits per heavy atom. The Kier molecular flexibility index (Phi) is 9.15. The number of nitrogens with zero attached hydrogens (tertiary/aromatic N) is 3. The summed E-state index contributed by atoms with van der Waals surface area (Å²) >= 11 is 0. The number of aromatic nitrogens is 1. The Labute approximate surface area is 227 Å². The zero-order chi connectivity index (χ0) is 28.3. The van der Waals surface area contributed by atoms with Crippen molar-refractivity contribution in [2.75, 3.05) is 46.5 Å². The fraction of sp³-hybridized carbons (Fsp3) is 0.571. The number of alkyl halides is 3. The van der Waals surface area contributed by atoms with E-state index in [0.29, 0.717) is 32.8 Å². The summed E-state index contributed by atoms with van der Waals surface area (Å²) < 4.78 is 49.4. The van der Waals surface area contributed by atoms with Crippen LogP contribution in [0.4, 0.5) is 13.2 Å². The number of carbonyl (C=O) groups excluding carboxylic acids is 1. The van der Waals surface area contributed by atoms with E-state index in [0.717, 1.165) is 35.6 Å². The predicted octanol–water partition coefficient (Wildman–Crippen LogP) is 3.35. The number of aliphatic hydroxyl groups excluding tert-OH is 1. The average Bonchev–Trinajstić information content (AvgIpc) is 3.52. The third kappa shape index (κ3) is 6.54. The van der Waals surface area contributed by atoms with Crippen LogP contribution in [-0.4, -0.2) is 90.5 Å². The van der Waals surface area contributed by atoms with Crippen LogP contribution in [0.2, 0.25) is 0 Å². The summed E-state index contributed by atoms with van der Waals surface area (Å²) in [6, 6.07) is 6.37. The summed E-state index contributed by atoms with van der Waals surface area (Å²) in [6.07, 6.45) is -3.32. The Morgan fingerprint density at radius 2 is 1.95 bits per heavy atom. The molecular weight excluding hydrogens is 513 g/mol. The van der Waals surface area contributed by atoms with Crippen LogP contribution in [0.15, 0.2) is 30.5 Å². The van der Waals surface area contributed by atoms with Crippen LogP contribution in [0.5, 0.6) is 5.75 Å². The van der Waals surface area contributed by atoms with Crippen LogP contribution in [0, 0.1) is 13.8 Å². The molecule has 1 amide bonds. The number of hydrogen-bond acceptors (Lipinski definition) is 7. The highest BCUT2D eigenvalue weighted by molar-refractivity contribution is 5.94. The van der Waals surface area contributed by atoms with Gasteiger partial charge < -0.3 is 24.8 Å². The highest BCUT2D eigenvalue weighted by Crippen LogP contribution is 2.39. The summed E-state index contributed by atoms with van der Waals surface area (Å²) in [5, 5.41) is 13.3. The average molecular weight is 551 g/mol. The maximum absolute atomic E-state index is 13.0. The topological polar surface area (TPSA) is 87.2 Å². The lowest BCUT2D eigenvalue weighted by molar-refractivity contribution is -0.141. The first-order valence-electron chi connectivity index (χ1n) is 13.2. The van der Waals surface area contributed by atoms with Gasteiger partial charge in [-0.1, -0.05) is 6.07 Å². The standard InChI is InChI=1S/C28H37F3N4O4/c1-17-18(2)25(39-16-23(36)13-32-9-10-38-4)7-6-24(17)19(3)34-14-22-11-21(34)15-35(22)27(37)20-5-8-26(33-12-20)28(29,30)31/h5-8,12,19,21-23,32,36H,9-11,13-16H2,1-4H3/t19-,21-,22-,23-/m0/s1. The maximum atomic E-state index is 13.0. The number of piperazine rings is 1. The molecule has 2 N–H and O–H groups in total. The number of halogens is 3. The van der Waals surface area contributed by atoms with Gasteiger partial charge in [-0.3, -0.25) is 14.7 Å². The second-order valence-electron chi connectivity index (χ2n) is 10.4. The number of methoxy groups -OCH3 is 1. The van der Waals surface area contributed by atoms with Gasteiger partial charge in [0, 0.05) is 57.6 Å². The Bertz CT molecular complexity index is 1140.